The van der Waals surface area contributed by atoms with E-state index in [0.717, 1.165) is 0 Å². The number of aliphatic hydroxyl groups excluding tert-OH is 1. The molecule has 22 heavy (non-hydrogen) atoms. The number of aliphatic hydroxyl groups is 1. The van der Waals surface area contributed by atoms with E-state index in [-0.39, 0.29) is 11.8 Å². The zero-order valence-electron chi connectivity index (χ0n) is 13.7. The van der Waals surface area contributed by atoms with Crippen LogP contribution in [0.5, 0.6) is 0 Å². The molecule has 126 valence electrons. The third kappa shape index (κ3) is 4.19. The Morgan fingerprint density at radius 2 is 1.86 bits per heavy atom. The quantitative estimate of drug-likeness (QED) is 0.735. The number of carboxylic acids is 1. The molecule has 0 aromatic rings. The fourth-order valence-corrected chi connectivity index (χ4v) is 2.79. The lowest BCUT2D eigenvalue weighted by atomic mass is 10.0. The molecule has 7 nitrogen and oxygen atoms in total. The minimum atomic E-state index is -1.16. The van der Waals surface area contributed by atoms with Crippen molar-refractivity contribution in [3.63, 3.8) is 0 Å². The van der Waals surface area contributed by atoms with Gasteiger partial charge in [0, 0.05) is 13.6 Å². The van der Waals surface area contributed by atoms with Gasteiger partial charge < -0.3 is 20.0 Å². The van der Waals surface area contributed by atoms with Crippen molar-refractivity contribution in [1.29, 1.82) is 0 Å². The zero-order valence-corrected chi connectivity index (χ0v) is 13.7. The SMILES string of the molecule is CC(C)CC(C(=O)O)N(C)C(=O)C1CCCN1C(=O)C(C)O. The van der Waals surface area contributed by atoms with Crippen molar-refractivity contribution in [3.8, 4) is 0 Å². The van der Waals surface area contributed by atoms with Gasteiger partial charge in [-0.3, -0.25) is 9.59 Å². The highest BCUT2D eigenvalue weighted by Crippen LogP contribution is 2.22. The monoisotopic (exact) mass is 314 g/mol. The van der Waals surface area contributed by atoms with Gasteiger partial charge in [0.1, 0.15) is 18.2 Å². The van der Waals surface area contributed by atoms with Gasteiger partial charge >= 0.3 is 5.97 Å². The lowest BCUT2D eigenvalue weighted by Crippen LogP contribution is -2.53. The van der Waals surface area contributed by atoms with Gasteiger partial charge in [-0.1, -0.05) is 13.8 Å². The molecular formula is C15H26N2O5. The van der Waals surface area contributed by atoms with Gasteiger partial charge in [0.15, 0.2) is 0 Å². The predicted octanol–water partition coefficient (Wildman–Crippen LogP) is 0.316. The van der Waals surface area contributed by atoms with Gasteiger partial charge in [0.05, 0.1) is 0 Å². The molecule has 0 aromatic carbocycles. The van der Waals surface area contributed by atoms with Crippen molar-refractivity contribution in [2.24, 2.45) is 5.92 Å². The molecule has 7 heteroatoms. The molecule has 0 radical (unpaired) electrons. The van der Waals surface area contributed by atoms with E-state index in [1.165, 1.54) is 23.8 Å². The zero-order chi connectivity index (χ0) is 17.0. The van der Waals surface area contributed by atoms with E-state index in [1.54, 1.807) is 0 Å². The minimum Gasteiger partial charge on any atom is -0.480 e. The van der Waals surface area contributed by atoms with Crippen molar-refractivity contribution in [3.05, 3.63) is 0 Å². The van der Waals surface area contributed by atoms with Crippen LogP contribution in [0.1, 0.15) is 40.0 Å². The van der Waals surface area contributed by atoms with E-state index in [4.69, 9.17) is 0 Å². The summed E-state index contributed by atoms with van der Waals surface area (Å²) >= 11 is 0. The summed E-state index contributed by atoms with van der Waals surface area (Å²) in [6, 6.07) is -1.59. The third-order valence-corrected chi connectivity index (χ3v) is 3.97. The molecule has 1 saturated heterocycles. The van der Waals surface area contributed by atoms with Crippen LogP contribution < -0.4 is 0 Å². The highest BCUT2D eigenvalue weighted by atomic mass is 16.4. The second-order valence-corrected chi connectivity index (χ2v) is 6.30. The van der Waals surface area contributed by atoms with Crippen LogP contribution in [-0.2, 0) is 14.4 Å². The Hall–Kier alpha value is -1.63. The Balaban J connectivity index is 2.88. The molecule has 2 amide bonds. The molecule has 0 saturated carbocycles. The lowest BCUT2D eigenvalue weighted by Gasteiger charge is -2.32. The normalized spacial score (nSPS) is 20.8. The van der Waals surface area contributed by atoms with Crippen molar-refractivity contribution < 1.29 is 24.6 Å². The molecule has 2 N–H and O–H groups in total. The molecule has 0 spiro atoms. The Bertz CT molecular complexity index is 436. The second kappa shape index (κ2) is 7.58. The maximum atomic E-state index is 12.6. The van der Waals surface area contributed by atoms with Crippen LogP contribution in [0.25, 0.3) is 0 Å². The van der Waals surface area contributed by atoms with Crippen LogP contribution in [0.4, 0.5) is 0 Å². The molecule has 1 aliphatic heterocycles. The summed E-state index contributed by atoms with van der Waals surface area (Å²) in [6.07, 6.45) is 0.360. The molecule has 0 bridgehead atoms. The minimum absolute atomic E-state index is 0.134. The number of carbonyl (C=O) groups excluding carboxylic acids is 2. The largest absolute Gasteiger partial charge is 0.480 e. The van der Waals surface area contributed by atoms with E-state index >= 15 is 0 Å². The maximum Gasteiger partial charge on any atom is 0.326 e. The first-order valence-electron chi connectivity index (χ1n) is 7.64. The highest BCUT2D eigenvalue weighted by molar-refractivity contribution is 5.91. The molecule has 3 unspecified atom stereocenters. The number of carbonyl (C=O) groups is 3. The first-order chi connectivity index (χ1) is 10.2. The van der Waals surface area contributed by atoms with E-state index in [0.29, 0.717) is 25.8 Å². The summed E-state index contributed by atoms with van der Waals surface area (Å²) in [4.78, 5) is 38.5. The summed E-state index contributed by atoms with van der Waals surface area (Å²) in [5.41, 5.74) is 0. The van der Waals surface area contributed by atoms with Gasteiger partial charge in [0.25, 0.3) is 5.91 Å². The average Bonchev–Trinajstić information content (AvgIpc) is 2.90. The number of nitrogens with zero attached hydrogens (tertiary/aromatic N) is 2. The predicted molar refractivity (Wildman–Crippen MR) is 80.1 cm³/mol. The van der Waals surface area contributed by atoms with Crippen LogP contribution in [-0.4, -0.2) is 69.6 Å². The maximum absolute atomic E-state index is 12.6. The van der Waals surface area contributed by atoms with Crippen LogP contribution in [0.2, 0.25) is 0 Å². The number of amides is 2. The summed E-state index contributed by atoms with van der Waals surface area (Å²) in [5, 5.41) is 18.8. The molecular weight excluding hydrogens is 288 g/mol. The highest BCUT2D eigenvalue weighted by Gasteiger charge is 2.39. The smallest absolute Gasteiger partial charge is 0.326 e. The molecule has 1 heterocycles. The summed E-state index contributed by atoms with van der Waals surface area (Å²) in [5.74, 6) is -1.77. The van der Waals surface area contributed by atoms with E-state index in [2.05, 4.69) is 0 Å². The molecule has 1 rings (SSSR count). The van der Waals surface area contributed by atoms with Crippen LogP contribution >= 0.6 is 0 Å². The second-order valence-electron chi connectivity index (χ2n) is 6.30. The van der Waals surface area contributed by atoms with E-state index in [1.807, 2.05) is 13.8 Å². The Morgan fingerprint density at radius 3 is 2.32 bits per heavy atom. The molecule has 0 aromatic heterocycles. The number of rotatable bonds is 6. The first kappa shape index (κ1) is 18.4. The van der Waals surface area contributed by atoms with Gasteiger partial charge in [-0.15, -0.1) is 0 Å². The molecule has 0 aliphatic carbocycles. The van der Waals surface area contributed by atoms with Crippen LogP contribution in [0.3, 0.4) is 0 Å². The van der Waals surface area contributed by atoms with Gasteiger partial charge in [-0.25, -0.2) is 4.79 Å². The van der Waals surface area contributed by atoms with E-state index in [9.17, 15) is 24.6 Å². The average molecular weight is 314 g/mol. The fourth-order valence-electron chi connectivity index (χ4n) is 2.79. The number of hydrogen-bond acceptors (Lipinski definition) is 4. The van der Waals surface area contributed by atoms with Crippen molar-refractivity contribution in [2.75, 3.05) is 13.6 Å². The van der Waals surface area contributed by atoms with Gasteiger partial charge in [-0.05, 0) is 32.1 Å². The Morgan fingerprint density at radius 1 is 1.27 bits per heavy atom. The molecule has 1 fully saturated rings. The Kier molecular flexibility index (Phi) is 6.34. The van der Waals surface area contributed by atoms with Crippen LogP contribution in [0, 0.1) is 5.92 Å². The lowest BCUT2D eigenvalue weighted by molar-refractivity contribution is -0.154. The third-order valence-electron chi connectivity index (χ3n) is 3.97. The van der Waals surface area contributed by atoms with Gasteiger partial charge in [-0.2, -0.15) is 0 Å². The van der Waals surface area contributed by atoms with Crippen molar-refractivity contribution in [2.45, 2.75) is 58.2 Å². The number of hydrogen-bond donors (Lipinski definition) is 2. The number of aliphatic carboxylic acids is 1. The first-order valence-corrected chi connectivity index (χ1v) is 7.64. The fraction of sp³-hybridized carbons (Fsp3) is 0.800. The standard InChI is InChI=1S/C15H26N2O5/c1-9(2)8-12(15(21)22)16(4)14(20)11-6-5-7-17(11)13(19)10(3)18/h9-12,18H,5-8H2,1-4H3,(H,21,22). The summed E-state index contributed by atoms with van der Waals surface area (Å²) in [6.45, 7) is 5.57. The van der Waals surface area contributed by atoms with E-state index < -0.39 is 30.1 Å². The number of likely N-dealkylation sites (tertiary alicyclic amines) is 1. The van der Waals surface area contributed by atoms with Crippen molar-refractivity contribution in [1.82, 2.24) is 9.80 Å². The van der Waals surface area contributed by atoms with Gasteiger partial charge in [0.2, 0.25) is 5.91 Å². The Labute approximate surface area is 130 Å². The van der Waals surface area contributed by atoms with Crippen LogP contribution in [0.15, 0.2) is 0 Å². The number of likely N-dealkylation sites (N-methyl/N-ethyl adjacent to an activating group) is 1. The topological polar surface area (TPSA) is 98.2 Å². The number of carboxylic acid groups (broad SMARTS) is 1. The summed E-state index contributed by atoms with van der Waals surface area (Å²) < 4.78 is 0. The molecule has 1 aliphatic rings. The summed E-state index contributed by atoms with van der Waals surface area (Å²) in [7, 11) is 1.47. The van der Waals surface area contributed by atoms with Crippen molar-refractivity contribution >= 4 is 17.8 Å². The molecule has 3 atom stereocenters.